The molecule has 3 aromatic rings. The highest BCUT2D eigenvalue weighted by molar-refractivity contribution is 5.86. The van der Waals surface area contributed by atoms with Gasteiger partial charge in [-0.25, -0.2) is 4.98 Å². The summed E-state index contributed by atoms with van der Waals surface area (Å²) in [5.41, 5.74) is 3.77. The second-order valence-electron chi connectivity index (χ2n) is 6.30. The van der Waals surface area contributed by atoms with Gasteiger partial charge in [0.1, 0.15) is 18.2 Å². The van der Waals surface area contributed by atoms with Crippen LogP contribution in [-0.4, -0.2) is 25.3 Å². The topological polar surface area (TPSA) is 43.4 Å². The van der Waals surface area contributed by atoms with Gasteiger partial charge >= 0.3 is 0 Å². The third kappa shape index (κ3) is 3.30. The number of hydrogen-bond donors (Lipinski definition) is 1. The van der Waals surface area contributed by atoms with Crippen molar-refractivity contribution in [3.05, 3.63) is 65.7 Å². The molecule has 1 unspecified atom stereocenters. The van der Waals surface area contributed by atoms with Gasteiger partial charge in [0.05, 0.1) is 18.2 Å². The van der Waals surface area contributed by atoms with E-state index in [9.17, 15) is 0 Å². The Bertz CT molecular complexity index is 879. The average molecular weight is 334 g/mol. The molecule has 4 nitrogen and oxygen atoms in total. The van der Waals surface area contributed by atoms with Gasteiger partial charge in [-0.3, -0.25) is 0 Å². The summed E-state index contributed by atoms with van der Waals surface area (Å²) in [4.78, 5) is 4.78. The van der Waals surface area contributed by atoms with Gasteiger partial charge in [-0.1, -0.05) is 30.3 Å². The maximum atomic E-state index is 5.79. The summed E-state index contributed by atoms with van der Waals surface area (Å²) in [5.74, 6) is 1.75. The van der Waals surface area contributed by atoms with Crippen LogP contribution in [0.1, 0.15) is 23.6 Å². The number of aryl methyl sites for hydroxylation is 1. The fourth-order valence-corrected chi connectivity index (χ4v) is 3.45. The summed E-state index contributed by atoms with van der Waals surface area (Å²) < 4.78 is 10.8. The Kier molecular flexibility index (Phi) is 4.53. The van der Waals surface area contributed by atoms with Crippen molar-refractivity contribution in [3.63, 3.8) is 0 Å². The van der Waals surface area contributed by atoms with Gasteiger partial charge in [0.15, 0.2) is 0 Å². The quantitative estimate of drug-likeness (QED) is 0.680. The highest BCUT2D eigenvalue weighted by Crippen LogP contribution is 2.34. The zero-order valence-corrected chi connectivity index (χ0v) is 14.4. The van der Waals surface area contributed by atoms with E-state index in [0.29, 0.717) is 19.3 Å². The van der Waals surface area contributed by atoms with Crippen molar-refractivity contribution in [2.45, 2.75) is 18.9 Å². The van der Waals surface area contributed by atoms with Gasteiger partial charge in [-0.05, 0) is 48.2 Å². The Hall–Kier alpha value is -2.59. The summed E-state index contributed by atoms with van der Waals surface area (Å²) in [7, 11) is 1.67. The molecule has 0 fully saturated rings. The molecule has 2 aromatic carbocycles. The molecule has 4 rings (SSSR count). The van der Waals surface area contributed by atoms with Gasteiger partial charge < -0.3 is 14.8 Å². The van der Waals surface area contributed by atoms with Crippen molar-refractivity contribution in [1.82, 2.24) is 4.98 Å². The number of hydrogen-bond acceptors (Lipinski definition) is 4. The molecule has 1 atom stereocenters. The fraction of sp³-hybridized carbons (Fsp3) is 0.286. The van der Waals surface area contributed by atoms with E-state index in [-0.39, 0.29) is 0 Å². The molecule has 4 heteroatoms. The number of anilines is 1. The van der Waals surface area contributed by atoms with Gasteiger partial charge in [-0.2, -0.15) is 0 Å². The number of nitrogens with one attached hydrogen (secondary N) is 1. The highest BCUT2D eigenvalue weighted by Gasteiger charge is 2.21. The molecule has 25 heavy (non-hydrogen) atoms. The third-order valence-corrected chi connectivity index (χ3v) is 4.69. The smallest absolute Gasteiger partial charge is 0.128 e. The summed E-state index contributed by atoms with van der Waals surface area (Å²) >= 11 is 0. The SMILES string of the molecule is COCCOc1cccc2nc(NC3CCc4ccccc43)ccc12. The molecular weight excluding hydrogens is 312 g/mol. The van der Waals surface area contributed by atoms with Crippen molar-refractivity contribution in [2.75, 3.05) is 25.6 Å². The van der Waals surface area contributed by atoms with E-state index in [1.54, 1.807) is 7.11 Å². The van der Waals surface area contributed by atoms with Gasteiger partial charge in [0, 0.05) is 12.5 Å². The zero-order chi connectivity index (χ0) is 17.1. The second kappa shape index (κ2) is 7.11. The largest absolute Gasteiger partial charge is 0.490 e. The minimum atomic E-state index is 0.335. The second-order valence-corrected chi connectivity index (χ2v) is 6.30. The summed E-state index contributed by atoms with van der Waals surface area (Å²) in [6.45, 7) is 1.11. The Morgan fingerprint density at radius 2 is 1.96 bits per heavy atom. The van der Waals surface area contributed by atoms with Crippen LogP contribution in [0.4, 0.5) is 5.82 Å². The molecule has 1 aromatic heterocycles. The summed E-state index contributed by atoms with van der Waals surface area (Å²) in [6.07, 6.45) is 2.23. The van der Waals surface area contributed by atoms with Crippen LogP contribution < -0.4 is 10.1 Å². The van der Waals surface area contributed by atoms with Crippen LogP contribution in [0.15, 0.2) is 54.6 Å². The maximum absolute atomic E-state index is 5.79. The van der Waals surface area contributed by atoms with Crippen molar-refractivity contribution in [1.29, 1.82) is 0 Å². The lowest BCUT2D eigenvalue weighted by Crippen LogP contribution is -2.08. The molecule has 0 amide bonds. The van der Waals surface area contributed by atoms with Crippen LogP contribution >= 0.6 is 0 Å². The lowest BCUT2D eigenvalue weighted by atomic mass is 10.1. The number of methoxy groups -OCH3 is 1. The average Bonchev–Trinajstić information content (AvgIpc) is 3.05. The molecule has 0 spiro atoms. The van der Waals surface area contributed by atoms with Crippen molar-refractivity contribution < 1.29 is 9.47 Å². The van der Waals surface area contributed by atoms with Crippen LogP contribution in [0.3, 0.4) is 0 Å². The monoisotopic (exact) mass is 334 g/mol. The maximum Gasteiger partial charge on any atom is 0.128 e. The molecule has 1 N–H and O–H groups in total. The zero-order valence-electron chi connectivity index (χ0n) is 14.4. The van der Waals surface area contributed by atoms with Crippen LogP contribution in [0, 0.1) is 0 Å². The number of benzene rings is 2. The van der Waals surface area contributed by atoms with E-state index in [0.717, 1.165) is 35.3 Å². The highest BCUT2D eigenvalue weighted by atomic mass is 16.5. The van der Waals surface area contributed by atoms with Gasteiger partial charge in [0.25, 0.3) is 0 Å². The number of fused-ring (bicyclic) bond motifs is 2. The first-order valence-corrected chi connectivity index (χ1v) is 8.71. The first kappa shape index (κ1) is 15.9. The number of nitrogens with zero attached hydrogens (tertiary/aromatic N) is 1. The van der Waals surface area contributed by atoms with Gasteiger partial charge in [-0.15, -0.1) is 0 Å². The molecule has 128 valence electrons. The van der Waals surface area contributed by atoms with Crippen molar-refractivity contribution >= 4 is 16.7 Å². The van der Waals surface area contributed by atoms with Crippen LogP contribution in [0.25, 0.3) is 10.9 Å². The molecule has 1 aliphatic carbocycles. The van der Waals surface area contributed by atoms with Crippen molar-refractivity contribution in [2.24, 2.45) is 0 Å². The normalized spacial score (nSPS) is 16.0. The van der Waals surface area contributed by atoms with E-state index in [1.165, 1.54) is 11.1 Å². The fourth-order valence-electron chi connectivity index (χ4n) is 3.45. The Balaban J connectivity index is 1.56. The summed E-state index contributed by atoms with van der Waals surface area (Å²) in [6, 6.07) is 19.1. The number of aromatic nitrogens is 1. The van der Waals surface area contributed by atoms with Crippen LogP contribution in [0.2, 0.25) is 0 Å². The van der Waals surface area contributed by atoms with E-state index in [2.05, 4.69) is 35.6 Å². The Morgan fingerprint density at radius 3 is 2.88 bits per heavy atom. The molecule has 0 radical (unpaired) electrons. The molecule has 1 heterocycles. The first-order valence-electron chi connectivity index (χ1n) is 8.71. The number of ether oxygens (including phenoxy) is 2. The third-order valence-electron chi connectivity index (χ3n) is 4.69. The predicted octanol–water partition coefficient (Wildman–Crippen LogP) is 4.36. The minimum Gasteiger partial charge on any atom is -0.490 e. The summed E-state index contributed by atoms with van der Waals surface area (Å²) in [5, 5.41) is 4.61. The van der Waals surface area contributed by atoms with E-state index < -0.39 is 0 Å². The van der Waals surface area contributed by atoms with E-state index in [1.807, 2.05) is 24.3 Å². The first-order chi connectivity index (χ1) is 12.3. The lowest BCUT2D eigenvalue weighted by Gasteiger charge is -2.16. The molecule has 0 bridgehead atoms. The number of rotatable bonds is 6. The van der Waals surface area contributed by atoms with E-state index >= 15 is 0 Å². The Labute approximate surface area is 147 Å². The van der Waals surface area contributed by atoms with E-state index in [4.69, 9.17) is 14.5 Å². The molecule has 0 saturated carbocycles. The van der Waals surface area contributed by atoms with Crippen molar-refractivity contribution in [3.8, 4) is 5.75 Å². The lowest BCUT2D eigenvalue weighted by molar-refractivity contribution is 0.147. The Morgan fingerprint density at radius 1 is 1.04 bits per heavy atom. The minimum absolute atomic E-state index is 0.335. The molecule has 0 aliphatic heterocycles. The van der Waals surface area contributed by atoms with Crippen LogP contribution in [0.5, 0.6) is 5.75 Å². The number of pyridine rings is 1. The van der Waals surface area contributed by atoms with Gasteiger partial charge in [0.2, 0.25) is 0 Å². The van der Waals surface area contributed by atoms with Crippen LogP contribution in [-0.2, 0) is 11.2 Å². The molecule has 0 saturated heterocycles. The molecule has 1 aliphatic rings. The predicted molar refractivity (Wildman–Crippen MR) is 100 cm³/mol. The molecular formula is C21H22N2O2. The standard InChI is InChI=1S/C21H22N2O2/c1-24-13-14-25-20-8-4-7-18-17(20)10-12-21(22-18)23-19-11-9-15-5-2-3-6-16(15)19/h2-8,10,12,19H,9,11,13-14H2,1H3,(H,22,23).